The summed E-state index contributed by atoms with van der Waals surface area (Å²) < 4.78 is 11.2. The molecule has 9 heteroatoms. The first-order valence-corrected chi connectivity index (χ1v) is 15.8. The van der Waals surface area contributed by atoms with E-state index in [0.29, 0.717) is 0 Å². The maximum atomic E-state index is 5.65. The van der Waals surface area contributed by atoms with Gasteiger partial charge in [0, 0.05) is 86.6 Å². The van der Waals surface area contributed by atoms with Crippen LogP contribution in [0.3, 0.4) is 0 Å². The van der Waals surface area contributed by atoms with Gasteiger partial charge in [0.2, 0.25) is 6.79 Å². The van der Waals surface area contributed by atoms with Crippen LogP contribution in [0.2, 0.25) is 0 Å². The second-order valence-electron chi connectivity index (χ2n) is 11.7. The summed E-state index contributed by atoms with van der Waals surface area (Å²) in [4.78, 5) is 9.87. The number of hydrogen-bond donors (Lipinski definition) is 4. The Bertz CT molecular complexity index is 1800. The van der Waals surface area contributed by atoms with Gasteiger partial charge in [-0.1, -0.05) is 12.1 Å². The molecule has 228 valence electrons. The molecule has 0 saturated carbocycles. The fourth-order valence-electron chi connectivity index (χ4n) is 6.31. The van der Waals surface area contributed by atoms with E-state index < -0.39 is 0 Å². The molecule has 2 saturated heterocycles. The molecule has 0 atom stereocenters. The summed E-state index contributed by atoms with van der Waals surface area (Å²) in [6, 6.07) is 31.9. The van der Waals surface area contributed by atoms with Gasteiger partial charge in [-0.3, -0.25) is 0 Å². The lowest BCUT2D eigenvalue weighted by Crippen LogP contribution is -2.43. The third-order valence-electron chi connectivity index (χ3n) is 8.76. The van der Waals surface area contributed by atoms with Gasteiger partial charge in [0.15, 0.2) is 11.5 Å². The Balaban J connectivity index is 1.11. The van der Waals surface area contributed by atoms with Crippen LogP contribution in [0.15, 0.2) is 91.0 Å². The van der Waals surface area contributed by atoms with Gasteiger partial charge < -0.3 is 40.5 Å². The number of hydrogen-bond acceptors (Lipinski definition) is 9. The number of aromatic nitrogens is 1. The number of benzene rings is 4. The summed E-state index contributed by atoms with van der Waals surface area (Å²) in [5.74, 6) is 2.34. The van der Waals surface area contributed by atoms with Crippen LogP contribution in [0.25, 0.3) is 22.0 Å². The number of piperazine rings is 2. The highest BCUT2D eigenvalue weighted by atomic mass is 16.7. The highest BCUT2D eigenvalue weighted by Gasteiger charge is 2.16. The quantitative estimate of drug-likeness (QED) is 0.182. The van der Waals surface area contributed by atoms with Crippen LogP contribution in [-0.2, 0) is 0 Å². The summed E-state index contributed by atoms with van der Waals surface area (Å²) in [5, 5.41) is 15.2. The van der Waals surface area contributed by atoms with Crippen molar-refractivity contribution in [3.8, 4) is 22.6 Å². The smallest absolute Gasteiger partial charge is 0.231 e. The van der Waals surface area contributed by atoms with Gasteiger partial charge in [-0.15, -0.1) is 0 Å². The maximum absolute atomic E-state index is 5.65. The zero-order chi connectivity index (χ0) is 30.0. The first-order valence-electron chi connectivity index (χ1n) is 15.8. The van der Waals surface area contributed by atoms with Crippen LogP contribution in [0.1, 0.15) is 0 Å². The lowest BCUT2D eigenvalue weighted by Gasteiger charge is -2.29. The Labute approximate surface area is 263 Å². The highest BCUT2D eigenvalue weighted by Crippen LogP contribution is 2.38. The molecule has 1 aromatic heterocycles. The van der Waals surface area contributed by atoms with E-state index in [1.807, 2.05) is 12.1 Å². The molecule has 0 amide bonds. The molecule has 0 unspecified atom stereocenters. The van der Waals surface area contributed by atoms with Crippen LogP contribution >= 0.6 is 0 Å². The van der Waals surface area contributed by atoms with Gasteiger partial charge in [-0.2, -0.15) is 0 Å². The van der Waals surface area contributed by atoms with Crippen molar-refractivity contribution < 1.29 is 9.47 Å². The number of nitrogens with one attached hydrogen (secondary N) is 4. The SMILES string of the molecule is c1cc(N2CCNCC2)ccc1Nc1cc(Nc2ccc(N3CCNCC3)cc2)c2cc(-c3ccc4c(c3)OCO4)ccc2n1. The molecule has 4 heterocycles. The molecule has 3 aliphatic rings. The topological polar surface area (TPSA) is 86.0 Å². The number of ether oxygens (including phenoxy) is 2. The molecule has 3 aliphatic heterocycles. The molecule has 45 heavy (non-hydrogen) atoms. The molecule has 4 aromatic carbocycles. The van der Waals surface area contributed by atoms with Gasteiger partial charge in [0.25, 0.3) is 0 Å². The van der Waals surface area contributed by atoms with Crippen molar-refractivity contribution in [3.05, 3.63) is 91.0 Å². The Morgan fingerprint density at radius 3 is 1.82 bits per heavy atom. The first kappa shape index (κ1) is 27.6. The molecule has 0 radical (unpaired) electrons. The lowest BCUT2D eigenvalue weighted by molar-refractivity contribution is 0.174. The Morgan fingerprint density at radius 1 is 0.578 bits per heavy atom. The minimum atomic E-state index is 0.260. The van der Waals surface area contributed by atoms with E-state index in [1.165, 1.54) is 11.4 Å². The van der Waals surface area contributed by atoms with E-state index in [1.54, 1.807) is 0 Å². The van der Waals surface area contributed by atoms with E-state index in [2.05, 4.69) is 110 Å². The fraction of sp³-hybridized carbons (Fsp3) is 0.250. The van der Waals surface area contributed by atoms with Crippen molar-refractivity contribution in [3.63, 3.8) is 0 Å². The number of anilines is 6. The average Bonchev–Trinajstić information content (AvgIpc) is 3.58. The molecule has 0 bridgehead atoms. The zero-order valence-corrected chi connectivity index (χ0v) is 25.2. The number of rotatable bonds is 7. The molecule has 5 aromatic rings. The summed E-state index contributed by atoms with van der Waals surface area (Å²) in [6.07, 6.45) is 0. The average molecular weight is 600 g/mol. The van der Waals surface area contributed by atoms with Crippen LogP contribution in [-0.4, -0.2) is 64.1 Å². The molecular formula is C36H37N7O2. The van der Waals surface area contributed by atoms with E-state index >= 15 is 0 Å². The highest BCUT2D eigenvalue weighted by molar-refractivity contribution is 5.98. The largest absolute Gasteiger partial charge is 0.454 e. The monoisotopic (exact) mass is 599 g/mol. The zero-order valence-electron chi connectivity index (χ0n) is 25.2. The van der Waals surface area contributed by atoms with E-state index in [4.69, 9.17) is 14.5 Å². The van der Waals surface area contributed by atoms with Gasteiger partial charge in [-0.05, 0) is 83.9 Å². The van der Waals surface area contributed by atoms with E-state index in [-0.39, 0.29) is 6.79 Å². The van der Waals surface area contributed by atoms with Crippen molar-refractivity contribution in [1.29, 1.82) is 0 Å². The Hall–Kier alpha value is -4.99. The minimum Gasteiger partial charge on any atom is -0.454 e. The van der Waals surface area contributed by atoms with Crippen molar-refractivity contribution in [2.24, 2.45) is 0 Å². The minimum absolute atomic E-state index is 0.260. The molecule has 8 rings (SSSR count). The van der Waals surface area contributed by atoms with Gasteiger partial charge in [0.1, 0.15) is 5.82 Å². The van der Waals surface area contributed by atoms with Crippen LogP contribution in [0, 0.1) is 0 Å². The van der Waals surface area contributed by atoms with Gasteiger partial charge >= 0.3 is 0 Å². The molecule has 0 spiro atoms. The Morgan fingerprint density at radius 2 is 1.16 bits per heavy atom. The number of pyridine rings is 1. The van der Waals surface area contributed by atoms with Crippen molar-refractivity contribution in [1.82, 2.24) is 15.6 Å². The molecule has 2 fully saturated rings. The summed E-state index contributed by atoms with van der Waals surface area (Å²) >= 11 is 0. The van der Waals surface area contributed by atoms with Gasteiger partial charge in [-0.25, -0.2) is 4.98 Å². The van der Waals surface area contributed by atoms with Crippen molar-refractivity contribution >= 4 is 45.2 Å². The predicted molar refractivity (Wildman–Crippen MR) is 183 cm³/mol. The third kappa shape index (κ3) is 5.92. The molecule has 9 nitrogen and oxygen atoms in total. The standard InChI is InChI=1S/C36H37N7O2/c1-11-32-31(21-25(1)26-2-12-34-35(22-26)45-24-44-34)33(39-27-3-7-29(8-4-27)42-17-13-37-14-18-42)23-36(41-32)40-28-5-9-30(10-6-28)43-19-15-38-16-20-43/h1-12,21-23,37-38H,13-20,24H2,(H2,39,40,41). The first-order chi connectivity index (χ1) is 22.2. The van der Waals surface area contributed by atoms with E-state index in [9.17, 15) is 0 Å². The number of nitrogens with zero attached hydrogens (tertiary/aromatic N) is 3. The second kappa shape index (κ2) is 12.2. The van der Waals surface area contributed by atoms with Gasteiger partial charge in [0.05, 0.1) is 11.2 Å². The summed E-state index contributed by atoms with van der Waals surface area (Å²) in [5.41, 5.74) is 8.57. The second-order valence-corrected chi connectivity index (χ2v) is 11.7. The molecule has 4 N–H and O–H groups in total. The molecule has 0 aliphatic carbocycles. The van der Waals surface area contributed by atoms with Crippen LogP contribution in [0.5, 0.6) is 11.5 Å². The normalized spacial score (nSPS) is 16.2. The van der Waals surface area contributed by atoms with Crippen LogP contribution in [0.4, 0.5) is 34.3 Å². The Kier molecular flexibility index (Phi) is 7.46. The van der Waals surface area contributed by atoms with E-state index in [0.717, 1.165) is 109 Å². The van der Waals surface area contributed by atoms with Crippen molar-refractivity contribution in [2.75, 3.05) is 79.6 Å². The van der Waals surface area contributed by atoms with Crippen molar-refractivity contribution in [2.45, 2.75) is 0 Å². The maximum Gasteiger partial charge on any atom is 0.231 e. The fourth-order valence-corrected chi connectivity index (χ4v) is 6.31. The third-order valence-corrected chi connectivity index (χ3v) is 8.76. The molecular weight excluding hydrogens is 562 g/mol. The number of fused-ring (bicyclic) bond motifs is 2. The summed E-state index contributed by atoms with van der Waals surface area (Å²) in [6.45, 7) is 8.43. The van der Waals surface area contributed by atoms with Crippen LogP contribution < -0.4 is 40.5 Å². The lowest BCUT2D eigenvalue weighted by atomic mass is 10.0. The predicted octanol–water partition coefficient (Wildman–Crippen LogP) is 5.94. The summed E-state index contributed by atoms with van der Waals surface area (Å²) in [7, 11) is 0.